The van der Waals surface area contributed by atoms with E-state index in [1.165, 1.54) is 36.1 Å². The van der Waals surface area contributed by atoms with Gasteiger partial charge >= 0.3 is 5.97 Å². The molecule has 0 bridgehead atoms. The molecule has 0 radical (unpaired) electrons. The number of nitrogens with one attached hydrogen (secondary N) is 1. The van der Waals surface area contributed by atoms with Crippen LogP contribution in [0.3, 0.4) is 0 Å². The highest BCUT2D eigenvalue weighted by atomic mass is 19.1. The number of hydrogen-bond acceptors (Lipinski definition) is 3. The lowest BCUT2D eigenvalue weighted by Crippen LogP contribution is -2.37. The van der Waals surface area contributed by atoms with Gasteiger partial charge in [-0.25, -0.2) is 4.39 Å². The molecule has 0 unspecified atom stereocenters. The van der Waals surface area contributed by atoms with Gasteiger partial charge in [-0.3, -0.25) is 14.4 Å². The second-order valence-corrected chi connectivity index (χ2v) is 6.86. The van der Waals surface area contributed by atoms with Crippen molar-refractivity contribution in [1.29, 1.82) is 0 Å². The minimum atomic E-state index is -1.09. The zero-order valence-corrected chi connectivity index (χ0v) is 15.8. The fourth-order valence-corrected chi connectivity index (χ4v) is 3.46. The Morgan fingerprint density at radius 1 is 1.14 bits per heavy atom. The summed E-state index contributed by atoms with van der Waals surface area (Å²) in [5.74, 6) is -2.14. The van der Waals surface area contributed by atoms with Gasteiger partial charge in [-0.1, -0.05) is 36.4 Å². The number of carboxylic acids is 1. The summed E-state index contributed by atoms with van der Waals surface area (Å²) in [5, 5.41) is 11.9. The van der Waals surface area contributed by atoms with Gasteiger partial charge in [0.05, 0.1) is 24.9 Å². The summed E-state index contributed by atoms with van der Waals surface area (Å²) in [6, 6.07) is 11.5. The molecular formula is C22H21FN2O4. The quantitative estimate of drug-likeness (QED) is 0.783. The molecule has 1 aliphatic heterocycles. The minimum absolute atomic E-state index is 0.0295. The standard InChI is InChI=1S/C22H21FN2O4/c1-14(26)25-11-10-15-4-2-3-5-18(15)20(25)13-21(27)24-19(12-22(28)29)16-6-8-17(23)9-7-16/h2-11,19-20H,12-13H2,1H3,(H,24,27)(H,28,29)/t19-,20-/m0/s1. The van der Waals surface area contributed by atoms with Crippen LogP contribution < -0.4 is 5.32 Å². The second kappa shape index (κ2) is 8.68. The Labute approximate surface area is 167 Å². The highest BCUT2D eigenvalue weighted by Crippen LogP contribution is 2.33. The topological polar surface area (TPSA) is 86.7 Å². The van der Waals surface area contributed by atoms with Gasteiger partial charge in [0.25, 0.3) is 0 Å². The molecule has 2 N–H and O–H groups in total. The lowest BCUT2D eigenvalue weighted by Gasteiger charge is -2.32. The van der Waals surface area contributed by atoms with Gasteiger partial charge in [0.2, 0.25) is 11.8 Å². The van der Waals surface area contributed by atoms with Crippen molar-refractivity contribution in [2.45, 2.75) is 31.8 Å². The first-order valence-electron chi connectivity index (χ1n) is 9.18. The Balaban J connectivity index is 1.81. The van der Waals surface area contributed by atoms with Crippen LogP contribution in [0.25, 0.3) is 6.08 Å². The van der Waals surface area contributed by atoms with Crippen molar-refractivity contribution in [2.75, 3.05) is 0 Å². The summed E-state index contributed by atoms with van der Waals surface area (Å²) in [6.07, 6.45) is 3.10. The van der Waals surface area contributed by atoms with Crippen molar-refractivity contribution < 1.29 is 23.9 Å². The summed E-state index contributed by atoms with van der Waals surface area (Å²) in [6.45, 7) is 1.43. The number of benzene rings is 2. The predicted octanol–water partition coefficient (Wildman–Crippen LogP) is 3.42. The third kappa shape index (κ3) is 4.87. The van der Waals surface area contributed by atoms with E-state index in [9.17, 15) is 23.9 Å². The maximum Gasteiger partial charge on any atom is 0.305 e. The first-order chi connectivity index (χ1) is 13.8. The Bertz CT molecular complexity index is 956. The summed E-state index contributed by atoms with van der Waals surface area (Å²) in [4.78, 5) is 37.6. The van der Waals surface area contributed by atoms with Crippen molar-refractivity contribution in [2.24, 2.45) is 0 Å². The molecule has 0 aliphatic carbocycles. The van der Waals surface area contributed by atoms with Crippen LogP contribution in [0.4, 0.5) is 4.39 Å². The maximum absolute atomic E-state index is 13.2. The third-order valence-corrected chi connectivity index (χ3v) is 4.83. The van der Waals surface area contributed by atoms with E-state index in [-0.39, 0.29) is 18.7 Å². The van der Waals surface area contributed by atoms with Crippen LogP contribution in [0.1, 0.15) is 48.5 Å². The number of halogens is 1. The third-order valence-electron chi connectivity index (χ3n) is 4.83. The summed E-state index contributed by atoms with van der Waals surface area (Å²) >= 11 is 0. The molecule has 6 nitrogen and oxygen atoms in total. The van der Waals surface area contributed by atoms with Gasteiger partial charge in [-0.15, -0.1) is 0 Å². The molecule has 1 aliphatic rings. The first-order valence-corrected chi connectivity index (χ1v) is 9.18. The van der Waals surface area contributed by atoms with Crippen molar-refractivity contribution in [1.82, 2.24) is 10.2 Å². The normalized spacial score (nSPS) is 16.1. The number of rotatable bonds is 6. The monoisotopic (exact) mass is 396 g/mol. The van der Waals surface area contributed by atoms with Crippen molar-refractivity contribution in [3.8, 4) is 0 Å². The number of nitrogens with zero attached hydrogens (tertiary/aromatic N) is 1. The van der Waals surface area contributed by atoms with Crippen LogP contribution in [0.15, 0.2) is 54.7 Å². The zero-order valence-electron chi connectivity index (χ0n) is 15.8. The SMILES string of the molecule is CC(=O)N1C=Cc2ccccc2[C@@H]1CC(=O)N[C@@H](CC(=O)O)c1ccc(F)cc1. The number of hydrogen-bond donors (Lipinski definition) is 2. The molecule has 2 amide bonds. The molecule has 0 spiro atoms. The van der Waals surface area contributed by atoms with Gasteiger partial charge in [0, 0.05) is 13.1 Å². The van der Waals surface area contributed by atoms with Crippen molar-refractivity contribution >= 4 is 23.9 Å². The number of carbonyl (C=O) groups excluding carboxylic acids is 2. The molecular weight excluding hydrogens is 375 g/mol. The Hall–Kier alpha value is -3.48. The molecule has 29 heavy (non-hydrogen) atoms. The maximum atomic E-state index is 13.2. The number of aliphatic carboxylic acids is 1. The van der Waals surface area contributed by atoms with Crippen LogP contribution in [0.5, 0.6) is 0 Å². The summed E-state index contributed by atoms with van der Waals surface area (Å²) in [5.41, 5.74) is 2.26. The van der Waals surface area contributed by atoms with E-state index in [1.54, 1.807) is 6.20 Å². The van der Waals surface area contributed by atoms with Gasteiger partial charge < -0.3 is 15.3 Å². The van der Waals surface area contributed by atoms with Crippen LogP contribution >= 0.6 is 0 Å². The number of amides is 2. The van der Waals surface area contributed by atoms with E-state index in [0.717, 1.165) is 11.1 Å². The van der Waals surface area contributed by atoms with Crippen molar-refractivity contribution in [3.05, 3.63) is 77.2 Å². The predicted molar refractivity (Wildman–Crippen MR) is 105 cm³/mol. The molecule has 2 aromatic rings. The van der Waals surface area contributed by atoms with Crippen LogP contribution in [0, 0.1) is 5.82 Å². The molecule has 0 aromatic heterocycles. The molecule has 0 saturated heterocycles. The number of carboxylic acid groups (broad SMARTS) is 1. The van der Waals surface area contributed by atoms with E-state index in [4.69, 9.17) is 0 Å². The van der Waals surface area contributed by atoms with Crippen LogP contribution in [-0.2, 0) is 14.4 Å². The first kappa shape index (κ1) is 20.3. The molecule has 7 heteroatoms. The Morgan fingerprint density at radius 2 is 1.83 bits per heavy atom. The van der Waals surface area contributed by atoms with Gasteiger partial charge in [-0.2, -0.15) is 0 Å². The van der Waals surface area contributed by atoms with E-state index >= 15 is 0 Å². The molecule has 2 aromatic carbocycles. The van der Waals surface area contributed by atoms with E-state index < -0.39 is 29.8 Å². The average molecular weight is 396 g/mol. The Morgan fingerprint density at radius 3 is 2.48 bits per heavy atom. The lowest BCUT2D eigenvalue weighted by molar-refractivity contribution is -0.137. The highest BCUT2D eigenvalue weighted by Gasteiger charge is 2.29. The van der Waals surface area contributed by atoms with Gasteiger partial charge in [0.1, 0.15) is 5.82 Å². The molecule has 3 rings (SSSR count). The fraction of sp³-hybridized carbons (Fsp3) is 0.227. The molecule has 2 atom stereocenters. The zero-order chi connectivity index (χ0) is 21.0. The number of fused-ring (bicyclic) bond motifs is 1. The Kier molecular flexibility index (Phi) is 6.07. The largest absolute Gasteiger partial charge is 0.481 e. The fourth-order valence-electron chi connectivity index (χ4n) is 3.46. The van der Waals surface area contributed by atoms with E-state index in [2.05, 4.69) is 5.32 Å². The highest BCUT2D eigenvalue weighted by molar-refractivity contribution is 5.82. The summed E-state index contributed by atoms with van der Waals surface area (Å²) < 4.78 is 13.2. The van der Waals surface area contributed by atoms with Crippen molar-refractivity contribution in [3.63, 3.8) is 0 Å². The van der Waals surface area contributed by atoms with Gasteiger partial charge in [-0.05, 0) is 34.9 Å². The van der Waals surface area contributed by atoms with Gasteiger partial charge in [0.15, 0.2) is 0 Å². The number of carbonyl (C=O) groups is 3. The molecule has 1 heterocycles. The van der Waals surface area contributed by atoms with Crippen LogP contribution in [0.2, 0.25) is 0 Å². The van der Waals surface area contributed by atoms with E-state index in [1.807, 2.05) is 30.3 Å². The average Bonchev–Trinajstić information content (AvgIpc) is 2.67. The molecule has 0 saturated carbocycles. The van der Waals surface area contributed by atoms with E-state index in [0.29, 0.717) is 5.56 Å². The lowest BCUT2D eigenvalue weighted by atomic mass is 9.93. The smallest absolute Gasteiger partial charge is 0.305 e. The second-order valence-electron chi connectivity index (χ2n) is 6.86. The molecule has 0 fully saturated rings. The summed E-state index contributed by atoms with van der Waals surface area (Å²) in [7, 11) is 0. The molecule has 150 valence electrons. The minimum Gasteiger partial charge on any atom is -0.481 e. The van der Waals surface area contributed by atoms with Crippen LogP contribution in [-0.4, -0.2) is 27.8 Å².